The Morgan fingerprint density at radius 1 is 1.04 bits per heavy atom. The molecule has 1 heterocycles. The number of para-hydroxylation sites is 1. The highest BCUT2D eigenvalue weighted by molar-refractivity contribution is 6.21. The van der Waals surface area contributed by atoms with Crippen LogP contribution in [0.15, 0.2) is 48.5 Å². The smallest absolute Gasteiger partial charge is 0.261 e. The van der Waals surface area contributed by atoms with Crippen LogP contribution in [0.1, 0.15) is 31.1 Å². The van der Waals surface area contributed by atoms with Crippen LogP contribution in [-0.2, 0) is 0 Å². The Morgan fingerprint density at radius 3 is 2.44 bits per heavy atom. The van der Waals surface area contributed by atoms with Crippen molar-refractivity contribution in [3.8, 4) is 0 Å². The number of nitrogens with zero attached hydrogens (tertiary/aromatic N) is 2. The molecule has 1 N–H and O–H groups in total. The summed E-state index contributed by atoms with van der Waals surface area (Å²) < 4.78 is 0. The molecule has 3 rings (SSSR count). The van der Waals surface area contributed by atoms with E-state index in [1.807, 2.05) is 42.3 Å². The summed E-state index contributed by atoms with van der Waals surface area (Å²) in [6, 6.07) is 14.5. The molecule has 1 aliphatic heterocycles. The molecule has 0 atom stereocenters. The van der Waals surface area contributed by atoms with Crippen molar-refractivity contribution in [2.24, 2.45) is 0 Å². The van der Waals surface area contributed by atoms with Crippen molar-refractivity contribution >= 4 is 23.4 Å². The molecule has 0 spiro atoms. The first-order valence-corrected chi connectivity index (χ1v) is 8.00. The van der Waals surface area contributed by atoms with Gasteiger partial charge in [0.05, 0.1) is 11.1 Å². The first-order valence-electron chi connectivity index (χ1n) is 8.00. The molecule has 6 heteroatoms. The summed E-state index contributed by atoms with van der Waals surface area (Å²) in [6.45, 7) is 1.12. The van der Waals surface area contributed by atoms with Crippen LogP contribution in [0.2, 0.25) is 0 Å². The third-order valence-electron chi connectivity index (χ3n) is 4.28. The van der Waals surface area contributed by atoms with Gasteiger partial charge in [-0.25, -0.2) is 0 Å². The van der Waals surface area contributed by atoms with Gasteiger partial charge in [-0.3, -0.25) is 19.3 Å². The van der Waals surface area contributed by atoms with Crippen molar-refractivity contribution in [3.63, 3.8) is 0 Å². The van der Waals surface area contributed by atoms with Gasteiger partial charge < -0.3 is 10.2 Å². The minimum absolute atomic E-state index is 0.265. The molecule has 25 heavy (non-hydrogen) atoms. The van der Waals surface area contributed by atoms with E-state index in [0.717, 1.165) is 10.6 Å². The van der Waals surface area contributed by atoms with Gasteiger partial charge in [0.15, 0.2) is 0 Å². The third kappa shape index (κ3) is 3.24. The van der Waals surface area contributed by atoms with Gasteiger partial charge >= 0.3 is 0 Å². The molecule has 0 unspecified atom stereocenters. The molecular weight excluding hydrogens is 318 g/mol. The maximum absolute atomic E-state index is 12.3. The van der Waals surface area contributed by atoms with E-state index >= 15 is 0 Å². The highest BCUT2D eigenvalue weighted by Crippen LogP contribution is 2.22. The number of hydrogen-bond donors (Lipinski definition) is 1. The summed E-state index contributed by atoms with van der Waals surface area (Å²) in [5.41, 5.74) is 2.06. The highest BCUT2D eigenvalue weighted by Gasteiger charge is 2.33. The Kier molecular flexibility index (Phi) is 4.52. The molecular formula is C19H19N3O3. The Balaban J connectivity index is 1.61. The Bertz CT molecular complexity index is 833. The number of nitrogens with one attached hydrogen (secondary N) is 1. The zero-order valence-corrected chi connectivity index (χ0v) is 14.2. The highest BCUT2D eigenvalue weighted by atomic mass is 16.2. The molecule has 6 nitrogen and oxygen atoms in total. The number of imide groups is 1. The van der Waals surface area contributed by atoms with Gasteiger partial charge in [-0.05, 0) is 30.3 Å². The Morgan fingerprint density at radius 2 is 1.72 bits per heavy atom. The number of rotatable bonds is 5. The van der Waals surface area contributed by atoms with Crippen LogP contribution in [0.25, 0.3) is 0 Å². The van der Waals surface area contributed by atoms with E-state index in [2.05, 4.69) is 5.32 Å². The second kappa shape index (κ2) is 6.76. The van der Waals surface area contributed by atoms with Crippen LogP contribution in [0, 0.1) is 0 Å². The Hall–Kier alpha value is -3.15. The number of anilines is 1. The maximum Gasteiger partial charge on any atom is 0.261 e. The fourth-order valence-electron chi connectivity index (χ4n) is 2.75. The molecule has 2 aromatic carbocycles. The minimum Gasteiger partial charge on any atom is -0.373 e. The van der Waals surface area contributed by atoms with Gasteiger partial charge in [0.25, 0.3) is 17.7 Å². The molecule has 0 fully saturated rings. The van der Waals surface area contributed by atoms with Gasteiger partial charge in [0.1, 0.15) is 0 Å². The summed E-state index contributed by atoms with van der Waals surface area (Å²) in [5.74, 6) is -0.978. The van der Waals surface area contributed by atoms with Gasteiger partial charge in [-0.1, -0.05) is 18.2 Å². The number of likely N-dealkylation sites (N-methyl/N-ethyl adjacent to an activating group) is 1. The van der Waals surface area contributed by atoms with Crippen LogP contribution in [-0.4, -0.2) is 49.8 Å². The van der Waals surface area contributed by atoms with E-state index in [4.69, 9.17) is 0 Å². The predicted octanol–water partition coefficient (Wildman–Crippen LogP) is 1.78. The fourth-order valence-corrected chi connectivity index (χ4v) is 2.75. The minimum atomic E-state index is -0.376. The molecule has 0 aromatic heterocycles. The van der Waals surface area contributed by atoms with Crippen LogP contribution in [0.4, 0.5) is 5.69 Å². The number of benzene rings is 2. The van der Waals surface area contributed by atoms with E-state index in [1.54, 1.807) is 6.07 Å². The first-order chi connectivity index (χ1) is 12.0. The summed E-state index contributed by atoms with van der Waals surface area (Å²) >= 11 is 0. The average molecular weight is 337 g/mol. The zero-order chi connectivity index (χ0) is 18.0. The first kappa shape index (κ1) is 16.7. The van der Waals surface area contributed by atoms with E-state index in [1.165, 1.54) is 19.2 Å². The predicted molar refractivity (Wildman–Crippen MR) is 94.9 cm³/mol. The molecule has 0 bridgehead atoms. The van der Waals surface area contributed by atoms with E-state index in [0.29, 0.717) is 24.2 Å². The van der Waals surface area contributed by atoms with Crippen molar-refractivity contribution in [2.45, 2.75) is 0 Å². The maximum atomic E-state index is 12.3. The number of carbonyl (C=O) groups excluding carboxylic acids is 3. The standard InChI is InChI=1S/C19H19N3O3/c1-21(14-6-4-3-5-7-14)11-10-20-17(23)13-8-9-15-16(12-13)19(25)22(2)18(15)24/h3-9,12H,10-11H2,1-2H3,(H,20,23). The largest absolute Gasteiger partial charge is 0.373 e. The van der Waals surface area contributed by atoms with E-state index in [9.17, 15) is 14.4 Å². The second-order valence-electron chi connectivity index (χ2n) is 5.94. The summed E-state index contributed by atoms with van der Waals surface area (Å²) in [7, 11) is 3.39. The van der Waals surface area contributed by atoms with E-state index in [-0.39, 0.29) is 23.3 Å². The topological polar surface area (TPSA) is 69.7 Å². The van der Waals surface area contributed by atoms with Gasteiger partial charge in [0.2, 0.25) is 0 Å². The van der Waals surface area contributed by atoms with Crippen LogP contribution in [0.5, 0.6) is 0 Å². The van der Waals surface area contributed by atoms with Crippen molar-refractivity contribution in [2.75, 3.05) is 32.1 Å². The third-order valence-corrected chi connectivity index (χ3v) is 4.28. The lowest BCUT2D eigenvalue weighted by atomic mass is 10.1. The molecule has 3 amide bonds. The summed E-state index contributed by atoms with van der Waals surface area (Å²) in [5, 5.41) is 2.84. The van der Waals surface area contributed by atoms with Gasteiger partial charge in [0, 0.05) is 38.4 Å². The fraction of sp³-hybridized carbons (Fsp3) is 0.211. The summed E-state index contributed by atoms with van der Waals surface area (Å²) in [4.78, 5) is 39.3. The van der Waals surface area contributed by atoms with Crippen molar-refractivity contribution < 1.29 is 14.4 Å². The molecule has 0 saturated carbocycles. The monoisotopic (exact) mass is 337 g/mol. The number of amides is 3. The molecule has 0 aliphatic carbocycles. The SMILES string of the molecule is CN1C(=O)c2ccc(C(=O)NCCN(C)c3ccccc3)cc2C1=O. The number of fused-ring (bicyclic) bond motifs is 1. The molecule has 0 radical (unpaired) electrons. The second-order valence-corrected chi connectivity index (χ2v) is 5.94. The number of hydrogen-bond acceptors (Lipinski definition) is 4. The normalized spacial score (nSPS) is 13.0. The lowest BCUT2D eigenvalue weighted by Crippen LogP contribution is -2.33. The van der Waals surface area contributed by atoms with Crippen LogP contribution < -0.4 is 10.2 Å². The van der Waals surface area contributed by atoms with E-state index < -0.39 is 0 Å². The average Bonchev–Trinajstić information content (AvgIpc) is 2.86. The zero-order valence-electron chi connectivity index (χ0n) is 14.2. The molecule has 1 aliphatic rings. The van der Waals surface area contributed by atoms with Crippen molar-refractivity contribution in [1.29, 1.82) is 0 Å². The van der Waals surface area contributed by atoms with Crippen molar-refractivity contribution in [1.82, 2.24) is 10.2 Å². The van der Waals surface area contributed by atoms with Gasteiger partial charge in [-0.2, -0.15) is 0 Å². The van der Waals surface area contributed by atoms with Crippen LogP contribution >= 0.6 is 0 Å². The quantitative estimate of drug-likeness (QED) is 0.845. The Labute approximate surface area is 146 Å². The number of carbonyl (C=O) groups is 3. The molecule has 128 valence electrons. The van der Waals surface area contributed by atoms with Gasteiger partial charge in [-0.15, -0.1) is 0 Å². The lowest BCUT2D eigenvalue weighted by Gasteiger charge is -2.19. The molecule has 2 aromatic rings. The van der Waals surface area contributed by atoms with Crippen LogP contribution in [0.3, 0.4) is 0 Å². The van der Waals surface area contributed by atoms with Crippen molar-refractivity contribution in [3.05, 3.63) is 65.2 Å². The summed E-state index contributed by atoms with van der Waals surface area (Å²) in [6.07, 6.45) is 0. The molecule has 0 saturated heterocycles. The lowest BCUT2D eigenvalue weighted by molar-refractivity contribution is 0.0693.